The number of halogens is 2. The Balaban J connectivity index is 1.64. The van der Waals surface area contributed by atoms with Crippen molar-refractivity contribution in [3.05, 3.63) is 28.2 Å². The van der Waals surface area contributed by atoms with E-state index in [-0.39, 0.29) is 0 Å². The molecule has 4 heteroatoms. The Labute approximate surface area is 141 Å². The predicted molar refractivity (Wildman–Crippen MR) is 94.4 cm³/mol. The molecule has 2 nitrogen and oxygen atoms in total. The first-order valence-corrected chi connectivity index (χ1v) is 9.44. The minimum absolute atomic E-state index is 0.592. The second-order valence-electron chi connectivity index (χ2n) is 6.22. The van der Waals surface area contributed by atoms with Crippen molar-refractivity contribution >= 4 is 33.2 Å². The molecule has 0 radical (unpaired) electrons. The Bertz CT molecular complexity index is 466. The summed E-state index contributed by atoms with van der Waals surface area (Å²) in [7, 11) is 0. The Morgan fingerprint density at radius 3 is 2.43 bits per heavy atom. The van der Waals surface area contributed by atoms with Gasteiger partial charge < -0.3 is 9.80 Å². The van der Waals surface area contributed by atoms with Crippen LogP contribution in [0.4, 0.5) is 5.69 Å². The zero-order chi connectivity index (χ0) is 14.7. The molecule has 3 rings (SSSR count). The van der Waals surface area contributed by atoms with Gasteiger partial charge >= 0.3 is 0 Å². The molecule has 0 N–H and O–H groups in total. The van der Waals surface area contributed by atoms with Crippen molar-refractivity contribution < 1.29 is 0 Å². The van der Waals surface area contributed by atoms with Crippen LogP contribution in [-0.2, 0) is 5.88 Å². The number of hydrogen-bond donors (Lipinski definition) is 0. The number of anilines is 1. The number of likely N-dealkylation sites (tertiary alicyclic amines) is 1. The van der Waals surface area contributed by atoms with Gasteiger partial charge in [0.05, 0.1) is 0 Å². The van der Waals surface area contributed by atoms with Gasteiger partial charge in [-0.1, -0.05) is 28.4 Å². The van der Waals surface area contributed by atoms with Gasteiger partial charge in [-0.15, -0.1) is 11.6 Å². The van der Waals surface area contributed by atoms with Crippen molar-refractivity contribution in [1.29, 1.82) is 0 Å². The SMILES string of the molecule is ClCc1ccc(Br)cc1N1CCC(N2CCCCC2)CC1. The van der Waals surface area contributed by atoms with E-state index in [0.29, 0.717) is 5.88 Å². The van der Waals surface area contributed by atoms with Crippen LogP contribution in [0.15, 0.2) is 22.7 Å². The minimum Gasteiger partial charge on any atom is -0.371 e. The van der Waals surface area contributed by atoms with Gasteiger partial charge in [0.25, 0.3) is 0 Å². The molecule has 1 aromatic carbocycles. The fourth-order valence-corrected chi connectivity index (χ4v) is 4.27. The fourth-order valence-electron chi connectivity index (χ4n) is 3.70. The van der Waals surface area contributed by atoms with Crippen molar-refractivity contribution in [2.75, 3.05) is 31.1 Å². The molecule has 0 saturated carbocycles. The largest absolute Gasteiger partial charge is 0.371 e. The number of hydrogen-bond acceptors (Lipinski definition) is 2. The Kier molecular flexibility index (Phi) is 5.47. The molecule has 2 heterocycles. The number of piperidine rings is 2. The molecular weight excluding hydrogens is 348 g/mol. The molecule has 0 atom stereocenters. The van der Waals surface area contributed by atoms with Crippen LogP contribution >= 0.6 is 27.5 Å². The first kappa shape index (κ1) is 15.6. The van der Waals surface area contributed by atoms with Gasteiger partial charge in [-0.25, -0.2) is 0 Å². The average molecular weight is 372 g/mol. The molecule has 21 heavy (non-hydrogen) atoms. The van der Waals surface area contributed by atoms with Gasteiger partial charge in [-0.2, -0.15) is 0 Å². The minimum atomic E-state index is 0.592. The molecule has 0 unspecified atom stereocenters. The summed E-state index contributed by atoms with van der Waals surface area (Å²) < 4.78 is 1.14. The van der Waals surface area contributed by atoms with Crippen molar-refractivity contribution in [3.63, 3.8) is 0 Å². The Hall–Kier alpha value is -0.250. The smallest absolute Gasteiger partial charge is 0.0494 e. The number of rotatable bonds is 3. The molecule has 0 amide bonds. The maximum atomic E-state index is 6.10. The number of benzene rings is 1. The quantitative estimate of drug-likeness (QED) is 0.714. The van der Waals surface area contributed by atoms with Gasteiger partial charge in [0.1, 0.15) is 0 Å². The summed E-state index contributed by atoms with van der Waals surface area (Å²) in [6, 6.07) is 7.25. The highest BCUT2D eigenvalue weighted by Gasteiger charge is 2.26. The van der Waals surface area contributed by atoms with Crippen LogP contribution < -0.4 is 4.90 Å². The lowest BCUT2D eigenvalue weighted by Crippen LogP contribution is -2.46. The van der Waals surface area contributed by atoms with E-state index in [4.69, 9.17) is 11.6 Å². The molecule has 0 aromatic heterocycles. The van der Waals surface area contributed by atoms with Crippen molar-refractivity contribution in [2.45, 2.75) is 44.0 Å². The maximum absolute atomic E-state index is 6.10. The van der Waals surface area contributed by atoms with Crippen LogP contribution in [0.2, 0.25) is 0 Å². The standard InChI is InChI=1S/C17H24BrClN2/c18-15-5-4-14(13-19)17(12-15)21-10-6-16(7-11-21)20-8-2-1-3-9-20/h4-5,12,16H,1-3,6-11,13H2. The average Bonchev–Trinajstić information content (AvgIpc) is 2.56. The van der Waals surface area contributed by atoms with Crippen molar-refractivity contribution in [1.82, 2.24) is 4.90 Å². The molecule has 0 spiro atoms. The highest BCUT2D eigenvalue weighted by molar-refractivity contribution is 9.10. The van der Waals surface area contributed by atoms with Crippen LogP contribution in [0.1, 0.15) is 37.7 Å². The summed E-state index contributed by atoms with van der Waals surface area (Å²) in [6.45, 7) is 4.94. The van der Waals surface area contributed by atoms with E-state index in [1.807, 2.05) is 0 Å². The molecule has 2 fully saturated rings. The molecule has 2 aliphatic heterocycles. The normalized spacial score (nSPS) is 21.7. The van der Waals surface area contributed by atoms with Crippen molar-refractivity contribution in [2.24, 2.45) is 0 Å². The summed E-state index contributed by atoms with van der Waals surface area (Å²) in [5.41, 5.74) is 2.56. The summed E-state index contributed by atoms with van der Waals surface area (Å²) in [5.74, 6) is 0.592. The monoisotopic (exact) mass is 370 g/mol. The van der Waals surface area contributed by atoms with Gasteiger partial charge in [-0.3, -0.25) is 0 Å². The first-order valence-electron chi connectivity index (χ1n) is 8.11. The van der Waals surface area contributed by atoms with Gasteiger partial charge in [0.15, 0.2) is 0 Å². The highest BCUT2D eigenvalue weighted by Crippen LogP contribution is 2.30. The van der Waals surface area contributed by atoms with E-state index in [2.05, 4.69) is 43.9 Å². The molecule has 1 aromatic rings. The summed E-state index contributed by atoms with van der Waals surface area (Å²) in [5, 5.41) is 0. The summed E-state index contributed by atoms with van der Waals surface area (Å²) in [6.07, 6.45) is 6.78. The lowest BCUT2D eigenvalue weighted by molar-refractivity contribution is 0.141. The van der Waals surface area contributed by atoms with E-state index in [0.717, 1.165) is 23.6 Å². The van der Waals surface area contributed by atoms with Crippen molar-refractivity contribution in [3.8, 4) is 0 Å². The molecule has 2 saturated heterocycles. The highest BCUT2D eigenvalue weighted by atomic mass is 79.9. The predicted octanol–water partition coefficient (Wildman–Crippen LogP) is 4.64. The second kappa shape index (κ2) is 7.34. The third-order valence-corrected chi connectivity index (χ3v) is 5.68. The van der Waals surface area contributed by atoms with Gasteiger partial charge in [-0.05, 0) is 56.5 Å². The molecule has 2 aliphatic rings. The van der Waals surface area contributed by atoms with E-state index >= 15 is 0 Å². The van der Waals surface area contributed by atoms with Crippen LogP contribution in [0.3, 0.4) is 0 Å². The first-order chi connectivity index (χ1) is 10.3. The zero-order valence-electron chi connectivity index (χ0n) is 12.5. The van der Waals surface area contributed by atoms with Crippen LogP contribution in [-0.4, -0.2) is 37.1 Å². The number of alkyl halides is 1. The van der Waals surface area contributed by atoms with E-state index < -0.39 is 0 Å². The van der Waals surface area contributed by atoms with Crippen LogP contribution in [0.5, 0.6) is 0 Å². The van der Waals surface area contributed by atoms with Crippen LogP contribution in [0.25, 0.3) is 0 Å². The molecule has 0 bridgehead atoms. The third kappa shape index (κ3) is 3.75. The van der Waals surface area contributed by atoms with Gasteiger partial charge in [0.2, 0.25) is 0 Å². The lowest BCUT2D eigenvalue weighted by atomic mass is 9.99. The fraction of sp³-hybridized carbons (Fsp3) is 0.647. The molecule has 0 aliphatic carbocycles. The van der Waals surface area contributed by atoms with E-state index in [1.165, 1.54) is 56.4 Å². The molecular formula is C17H24BrClN2. The van der Waals surface area contributed by atoms with E-state index in [9.17, 15) is 0 Å². The van der Waals surface area contributed by atoms with Crippen LogP contribution in [0, 0.1) is 0 Å². The van der Waals surface area contributed by atoms with Gasteiger partial charge in [0, 0.05) is 35.2 Å². The second-order valence-corrected chi connectivity index (χ2v) is 7.40. The third-order valence-electron chi connectivity index (χ3n) is 4.90. The maximum Gasteiger partial charge on any atom is 0.0494 e. The van der Waals surface area contributed by atoms with E-state index in [1.54, 1.807) is 0 Å². The Morgan fingerprint density at radius 1 is 1.05 bits per heavy atom. The Morgan fingerprint density at radius 2 is 1.76 bits per heavy atom. The lowest BCUT2D eigenvalue weighted by Gasteiger charge is -2.41. The summed E-state index contributed by atoms with van der Waals surface area (Å²) in [4.78, 5) is 5.24. The topological polar surface area (TPSA) is 6.48 Å². The zero-order valence-corrected chi connectivity index (χ0v) is 14.9. The molecule has 116 valence electrons. The number of nitrogens with zero attached hydrogens (tertiary/aromatic N) is 2. The summed E-state index contributed by atoms with van der Waals surface area (Å²) >= 11 is 9.69.